The molecule has 0 unspecified atom stereocenters. The SMILES string of the molecule is Nc1ccc(O)cc1C=Cc1n[nH]c2ccccc12. The molecule has 1 aromatic heterocycles. The molecule has 3 rings (SSSR count). The fourth-order valence-electron chi connectivity index (χ4n) is 1.99. The van der Waals surface area contributed by atoms with Crippen LogP contribution in [-0.2, 0) is 0 Å². The Bertz CT molecular complexity index is 759. The molecule has 0 aliphatic rings. The Morgan fingerprint density at radius 3 is 2.84 bits per heavy atom. The molecule has 94 valence electrons. The maximum Gasteiger partial charge on any atom is 0.116 e. The van der Waals surface area contributed by atoms with Crippen LogP contribution >= 0.6 is 0 Å². The van der Waals surface area contributed by atoms with E-state index in [1.165, 1.54) is 0 Å². The highest BCUT2D eigenvalue weighted by Crippen LogP contribution is 2.22. The lowest BCUT2D eigenvalue weighted by molar-refractivity contribution is 0.475. The largest absolute Gasteiger partial charge is 0.508 e. The predicted molar refractivity (Wildman–Crippen MR) is 77.5 cm³/mol. The molecule has 0 radical (unpaired) electrons. The van der Waals surface area contributed by atoms with Gasteiger partial charge in [-0.25, -0.2) is 0 Å². The number of para-hydroxylation sites is 1. The number of hydrogen-bond acceptors (Lipinski definition) is 3. The van der Waals surface area contributed by atoms with E-state index in [4.69, 9.17) is 5.73 Å². The van der Waals surface area contributed by atoms with Gasteiger partial charge in [0.05, 0.1) is 11.2 Å². The van der Waals surface area contributed by atoms with Crippen LogP contribution in [0, 0.1) is 0 Å². The summed E-state index contributed by atoms with van der Waals surface area (Å²) < 4.78 is 0. The van der Waals surface area contributed by atoms with E-state index >= 15 is 0 Å². The molecule has 4 heteroatoms. The van der Waals surface area contributed by atoms with E-state index < -0.39 is 0 Å². The van der Waals surface area contributed by atoms with Crippen LogP contribution in [0.15, 0.2) is 42.5 Å². The van der Waals surface area contributed by atoms with E-state index in [0.717, 1.165) is 22.2 Å². The maximum absolute atomic E-state index is 9.46. The number of nitrogen functional groups attached to an aromatic ring is 1. The highest BCUT2D eigenvalue weighted by atomic mass is 16.3. The van der Waals surface area contributed by atoms with E-state index in [-0.39, 0.29) is 5.75 Å². The molecule has 2 aromatic carbocycles. The van der Waals surface area contributed by atoms with Crippen LogP contribution in [0.4, 0.5) is 5.69 Å². The molecular formula is C15H13N3O. The van der Waals surface area contributed by atoms with Gasteiger partial charge >= 0.3 is 0 Å². The Morgan fingerprint density at radius 2 is 1.95 bits per heavy atom. The van der Waals surface area contributed by atoms with Crippen molar-refractivity contribution in [2.45, 2.75) is 0 Å². The van der Waals surface area contributed by atoms with Gasteiger partial charge in [0.2, 0.25) is 0 Å². The van der Waals surface area contributed by atoms with Crippen molar-refractivity contribution >= 4 is 28.7 Å². The van der Waals surface area contributed by atoms with Crippen molar-refractivity contribution in [1.82, 2.24) is 10.2 Å². The summed E-state index contributed by atoms with van der Waals surface area (Å²) in [6.07, 6.45) is 3.72. The third-order valence-corrected chi connectivity index (χ3v) is 2.99. The zero-order valence-electron chi connectivity index (χ0n) is 10.2. The van der Waals surface area contributed by atoms with Crippen LogP contribution < -0.4 is 5.73 Å². The number of H-pyrrole nitrogens is 1. The number of aromatic amines is 1. The number of hydrogen-bond donors (Lipinski definition) is 3. The van der Waals surface area contributed by atoms with E-state index in [1.54, 1.807) is 18.2 Å². The Hall–Kier alpha value is -2.75. The van der Waals surface area contributed by atoms with Gasteiger partial charge in [-0.05, 0) is 30.3 Å². The summed E-state index contributed by atoms with van der Waals surface area (Å²) in [7, 11) is 0. The van der Waals surface area contributed by atoms with Gasteiger partial charge in [0, 0.05) is 16.6 Å². The Kier molecular flexibility index (Phi) is 2.68. The number of phenolic OH excluding ortho intramolecular Hbond substituents is 1. The Labute approximate surface area is 110 Å². The standard InChI is InChI=1S/C15H13N3O/c16-13-7-6-11(19)9-10(13)5-8-15-12-3-1-2-4-14(12)17-18-15/h1-9,19H,16H2,(H,17,18). The molecule has 0 saturated heterocycles. The molecule has 0 atom stereocenters. The van der Waals surface area contributed by atoms with Crippen LogP contribution in [0.3, 0.4) is 0 Å². The monoisotopic (exact) mass is 251 g/mol. The molecule has 4 nitrogen and oxygen atoms in total. The number of fused-ring (bicyclic) bond motifs is 1. The minimum Gasteiger partial charge on any atom is -0.508 e. The van der Waals surface area contributed by atoms with Gasteiger partial charge in [-0.1, -0.05) is 24.3 Å². The quantitative estimate of drug-likeness (QED) is 0.484. The number of rotatable bonds is 2. The summed E-state index contributed by atoms with van der Waals surface area (Å²) in [5, 5.41) is 17.7. The molecule has 3 aromatic rings. The smallest absolute Gasteiger partial charge is 0.116 e. The van der Waals surface area contributed by atoms with Crippen molar-refractivity contribution in [3.05, 3.63) is 53.7 Å². The summed E-state index contributed by atoms with van der Waals surface area (Å²) in [6.45, 7) is 0. The second-order valence-electron chi connectivity index (χ2n) is 4.30. The van der Waals surface area contributed by atoms with Crippen molar-refractivity contribution in [2.24, 2.45) is 0 Å². The number of nitrogens with two attached hydrogens (primary N) is 1. The molecule has 4 N–H and O–H groups in total. The normalized spacial score (nSPS) is 11.4. The van der Waals surface area contributed by atoms with E-state index in [9.17, 15) is 5.11 Å². The predicted octanol–water partition coefficient (Wildman–Crippen LogP) is 3.02. The van der Waals surface area contributed by atoms with Crippen molar-refractivity contribution in [1.29, 1.82) is 0 Å². The van der Waals surface area contributed by atoms with E-state index in [1.807, 2.05) is 36.4 Å². The number of nitrogens with one attached hydrogen (secondary N) is 1. The average Bonchev–Trinajstić information content (AvgIpc) is 2.83. The van der Waals surface area contributed by atoms with Gasteiger partial charge < -0.3 is 10.8 Å². The molecule has 1 heterocycles. The molecule has 0 saturated carbocycles. The van der Waals surface area contributed by atoms with Crippen LogP contribution in [0.1, 0.15) is 11.3 Å². The topological polar surface area (TPSA) is 74.9 Å². The van der Waals surface area contributed by atoms with Crippen molar-refractivity contribution in [3.63, 3.8) is 0 Å². The van der Waals surface area contributed by atoms with Crippen LogP contribution in [0.2, 0.25) is 0 Å². The molecule has 19 heavy (non-hydrogen) atoms. The van der Waals surface area contributed by atoms with Gasteiger partial charge in [0.1, 0.15) is 5.75 Å². The van der Waals surface area contributed by atoms with Gasteiger partial charge in [0.15, 0.2) is 0 Å². The molecule has 0 bridgehead atoms. The third kappa shape index (κ3) is 2.15. The molecule has 0 fully saturated rings. The summed E-state index contributed by atoms with van der Waals surface area (Å²) in [4.78, 5) is 0. The maximum atomic E-state index is 9.46. The second-order valence-corrected chi connectivity index (χ2v) is 4.30. The number of anilines is 1. The van der Waals surface area contributed by atoms with Crippen molar-refractivity contribution in [2.75, 3.05) is 5.73 Å². The lowest BCUT2D eigenvalue weighted by Gasteiger charge is -2.00. The Morgan fingerprint density at radius 1 is 1.11 bits per heavy atom. The average molecular weight is 251 g/mol. The minimum absolute atomic E-state index is 0.195. The first kappa shape index (κ1) is 11.3. The number of nitrogens with zero attached hydrogens (tertiary/aromatic N) is 1. The lowest BCUT2D eigenvalue weighted by Crippen LogP contribution is -1.88. The van der Waals surface area contributed by atoms with Crippen molar-refractivity contribution in [3.8, 4) is 5.75 Å². The highest BCUT2D eigenvalue weighted by molar-refractivity contribution is 5.90. The van der Waals surface area contributed by atoms with E-state index in [2.05, 4.69) is 10.2 Å². The molecule has 0 aliphatic heterocycles. The molecule has 0 spiro atoms. The highest BCUT2D eigenvalue weighted by Gasteiger charge is 2.02. The first-order valence-corrected chi connectivity index (χ1v) is 5.94. The number of phenols is 1. The molecule has 0 amide bonds. The summed E-state index contributed by atoms with van der Waals surface area (Å²) >= 11 is 0. The summed E-state index contributed by atoms with van der Waals surface area (Å²) in [5.74, 6) is 0.195. The number of aromatic hydroxyl groups is 1. The van der Waals surface area contributed by atoms with Crippen LogP contribution in [-0.4, -0.2) is 15.3 Å². The first-order valence-electron chi connectivity index (χ1n) is 5.94. The molecule has 0 aliphatic carbocycles. The van der Waals surface area contributed by atoms with Crippen LogP contribution in [0.5, 0.6) is 5.75 Å². The number of aromatic nitrogens is 2. The second kappa shape index (κ2) is 4.49. The fraction of sp³-hybridized carbons (Fsp3) is 0. The van der Waals surface area contributed by atoms with E-state index in [0.29, 0.717) is 5.69 Å². The minimum atomic E-state index is 0.195. The first-order chi connectivity index (χ1) is 9.24. The zero-order chi connectivity index (χ0) is 13.2. The Balaban J connectivity index is 2.00. The number of benzene rings is 2. The van der Waals surface area contributed by atoms with Gasteiger partial charge in [0.25, 0.3) is 0 Å². The van der Waals surface area contributed by atoms with Gasteiger partial charge in [-0.3, -0.25) is 5.10 Å². The summed E-state index contributed by atoms with van der Waals surface area (Å²) in [5.41, 5.74) is 9.08. The fourth-order valence-corrected chi connectivity index (χ4v) is 1.99. The van der Waals surface area contributed by atoms with Crippen LogP contribution in [0.25, 0.3) is 23.1 Å². The summed E-state index contributed by atoms with van der Waals surface area (Å²) in [6, 6.07) is 12.8. The van der Waals surface area contributed by atoms with Gasteiger partial charge in [-0.2, -0.15) is 5.10 Å². The van der Waals surface area contributed by atoms with Gasteiger partial charge in [-0.15, -0.1) is 0 Å². The molecular weight excluding hydrogens is 238 g/mol. The van der Waals surface area contributed by atoms with Crippen molar-refractivity contribution < 1.29 is 5.11 Å². The lowest BCUT2D eigenvalue weighted by atomic mass is 10.1. The third-order valence-electron chi connectivity index (χ3n) is 2.99. The zero-order valence-corrected chi connectivity index (χ0v) is 10.2.